The Bertz CT molecular complexity index is 894. The highest BCUT2D eigenvalue weighted by atomic mass is 16.5. The molecule has 0 radical (unpaired) electrons. The SMILES string of the molecule is CC(C)(C)C(=O)N1CCN(c2ccc(NC(=O)C(C)(C)Oc3ccccc3)cc2)CC1. The molecule has 166 valence electrons. The van der Waals surface area contributed by atoms with Crippen LogP contribution in [0.3, 0.4) is 0 Å². The predicted octanol–water partition coefficient (Wildman–Crippen LogP) is 4.18. The van der Waals surface area contributed by atoms with Crippen molar-refractivity contribution in [2.45, 2.75) is 40.2 Å². The van der Waals surface area contributed by atoms with Crippen molar-refractivity contribution in [2.75, 3.05) is 36.4 Å². The molecule has 2 aromatic rings. The number of benzene rings is 2. The van der Waals surface area contributed by atoms with E-state index in [9.17, 15) is 9.59 Å². The van der Waals surface area contributed by atoms with Gasteiger partial charge in [-0.1, -0.05) is 39.0 Å². The quantitative estimate of drug-likeness (QED) is 0.784. The average molecular weight is 424 g/mol. The average Bonchev–Trinajstić information content (AvgIpc) is 2.73. The first-order valence-corrected chi connectivity index (χ1v) is 10.8. The molecule has 0 aliphatic carbocycles. The molecule has 0 atom stereocenters. The molecule has 31 heavy (non-hydrogen) atoms. The van der Waals surface area contributed by atoms with Gasteiger partial charge in [-0.05, 0) is 50.2 Å². The minimum absolute atomic E-state index is 0.200. The highest BCUT2D eigenvalue weighted by Crippen LogP contribution is 2.24. The number of amides is 2. The van der Waals surface area contributed by atoms with Crippen LogP contribution in [0.1, 0.15) is 34.6 Å². The van der Waals surface area contributed by atoms with Crippen molar-refractivity contribution in [3.8, 4) is 5.75 Å². The van der Waals surface area contributed by atoms with Crippen LogP contribution in [0, 0.1) is 5.41 Å². The molecule has 0 unspecified atom stereocenters. The molecule has 1 saturated heterocycles. The number of anilines is 2. The van der Waals surface area contributed by atoms with Crippen LogP contribution >= 0.6 is 0 Å². The molecule has 1 N–H and O–H groups in total. The minimum Gasteiger partial charge on any atom is -0.478 e. The largest absolute Gasteiger partial charge is 0.478 e. The lowest BCUT2D eigenvalue weighted by atomic mass is 9.94. The molecule has 6 heteroatoms. The summed E-state index contributed by atoms with van der Waals surface area (Å²) in [5.41, 5.74) is 0.455. The number of para-hydroxylation sites is 1. The van der Waals surface area contributed by atoms with Crippen LogP contribution in [0.15, 0.2) is 54.6 Å². The smallest absolute Gasteiger partial charge is 0.267 e. The van der Waals surface area contributed by atoms with Crippen molar-refractivity contribution in [3.05, 3.63) is 54.6 Å². The van der Waals surface area contributed by atoms with Gasteiger partial charge >= 0.3 is 0 Å². The summed E-state index contributed by atoms with van der Waals surface area (Å²) < 4.78 is 5.86. The maximum absolute atomic E-state index is 12.7. The second kappa shape index (κ2) is 9.00. The summed E-state index contributed by atoms with van der Waals surface area (Å²) in [4.78, 5) is 29.4. The van der Waals surface area contributed by atoms with Crippen LogP contribution in [0.4, 0.5) is 11.4 Å². The van der Waals surface area contributed by atoms with Gasteiger partial charge in [0.25, 0.3) is 5.91 Å². The third-order valence-electron chi connectivity index (χ3n) is 5.36. The first kappa shape index (κ1) is 22.7. The Morgan fingerprint density at radius 2 is 1.42 bits per heavy atom. The monoisotopic (exact) mass is 423 g/mol. The second-order valence-corrected chi connectivity index (χ2v) is 9.46. The fraction of sp³-hybridized carbons (Fsp3) is 0.440. The Hall–Kier alpha value is -3.02. The first-order chi connectivity index (χ1) is 14.6. The molecule has 1 heterocycles. The maximum Gasteiger partial charge on any atom is 0.267 e. The number of hydrogen-bond donors (Lipinski definition) is 1. The number of ether oxygens (including phenoxy) is 1. The molecule has 1 fully saturated rings. The molecule has 0 saturated carbocycles. The summed E-state index contributed by atoms with van der Waals surface area (Å²) >= 11 is 0. The van der Waals surface area contributed by atoms with Crippen LogP contribution in [-0.2, 0) is 9.59 Å². The number of piperazine rings is 1. The van der Waals surface area contributed by atoms with Gasteiger partial charge in [0.05, 0.1) is 0 Å². The number of rotatable bonds is 5. The lowest BCUT2D eigenvalue weighted by Crippen LogP contribution is -2.51. The summed E-state index contributed by atoms with van der Waals surface area (Å²) in [6.45, 7) is 12.4. The van der Waals surface area contributed by atoms with Crippen LogP contribution < -0.4 is 15.0 Å². The zero-order chi connectivity index (χ0) is 22.6. The topological polar surface area (TPSA) is 61.9 Å². The van der Waals surface area contributed by atoms with Crippen LogP contribution in [0.5, 0.6) is 5.75 Å². The van der Waals surface area contributed by atoms with E-state index < -0.39 is 5.60 Å². The molecular weight excluding hydrogens is 390 g/mol. The summed E-state index contributed by atoms with van der Waals surface area (Å²) in [5, 5.41) is 2.94. The fourth-order valence-electron chi connectivity index (χ4n) is 3.51. The Morgan fingerprint density at radius 1 is 0.839 bits per heavy atom. The Balaban J connectivity index is 1.56. The van der Waals surface area contributed by atoms with Gasteiger partial charge in [-0.2, -0.15) is 0 Å². The molecule has 6 nitrogen and oxygen atoms in total. The van der Waals surface area contributed by atoms with Crippen molar-refractivity contribution in [3.63, 3.8) is 0 Å². The van der Waals surface area contributed by atoms with Gasteiger partial charge in [-0.3, -0.25) is 9.59 Å². The van der Waals surface area contributed by atoms with Crippen molar-refractivity contribution >= 4 is 23.2 Å². The molecule has 0 bridgehead atoms. The highest BCUT2D eigenvalue weighted by molar-refractivity contribution is 5.97. The van der Waals surface area contributed by atoms with E-state index in [1.54, 1.807) is 13.8 Å². The lowest BCUT2D eigenvalue weighted by molar-refractivity contribution is -0.139. The number of carbonyl (C=O) groups excluding carboxylic acids is 2. The van der Waals surface area contributed by atoms with Crippen LogP contribution in [-0.4, -0.2) is 48.5 Å². The van der Waals surface area contributed by atoms with Gasteiger partial charge in [-0.15, -0.1) is 0 Å². The second-order valence-electron chi connectivity index (χ2n) is 9.46. The summed E-state index contributed by atoms with van der Waals surface area (Å²) in [6.07, 6.45) is 0. The molecule has 1 aliphatic heterocycles. The molecule has 0 aromatic heterocycles. The van der Waals surface area contributed by atoms with E-state index in [1.807, 2.05) is 80.3 Å². The molecule has 3 rings (SSSR count). The van der Waals surface area contributed by atoms with Gasteiger partial charge in [0.15, 0.2) is 5.60 Å². The van der Waals surface area contributed by atoms with Gasteiger partial charge in [0, 0.05) is 43.0 Å². The Morgan fingerprint density at radius 3 is 1.97 bits per heavy atom. The molecule has 1 aliphatic rings. The molecule has 2 amide bonds. The van der Waals surface area contributed by atoms with Gasteiger partial charge < -0.3 is 19.9 Å². The predicted molar refractivity (Wildman–Crippen MR) is 124 cm³/mol. The van der Waals surface area contributed by atoms with E-state index in [0.29, 0.717) is 5.75 Å². The summed E-state index contributed by atoms with van der Waals surface area (Å²) in [7, 11) is 0. The van der Waals surface area contributed by atoms with Crippen molar-refractivity contribution in [1.29, 1.82) is 0 Å². The molecular formula is C25H33N3O3. The fourth-order valence-corrected chi connectivity index (χ4v) is 3.51. The van der Waals surface area contributed by atoms with Crippen molar-refractivity contribution in [2.24, 2.45) is 5.41 Å². The van der Waals surface area contributed by atoms with E-state index in [0.717, 1.165) is 37.6 Å². The minimum atomic E-state index is -1.00. The zero-order valence-electron chi connectivity index (χ0n) is 19.1. The maximum atomic E-state index is 12.7. The van der Waals surface area contributed by atoms with E-state index in [4.69, 9.17) is 4.74 Å². The zero-order valence-corrected chi connectivity index (χ0v) is 19.1. The van der Waals surface area contributed by atoms with Gasteiger partial charge in [0.2, 0.25) is 5.91 Å². The normalized spacial score (nSPS) is 14.9. The summed E-state index contributed by atoms with van der Waals surface area (Å²) in [5.74, 6) is 0.644. The molecule has 0 spiro atoms. The third kappa shape index (κ3) is 5.78. The standard InChI is InChI=1S/C25H33N3O3/c1-24(2,3)23(30)28-17-15-27(16-18-28)20-13-11-19(12-14-20)26-22(29)25(4,5)31-21-9-7-6-8-10-21/h6-14H,15-18H2,1-5H3,(H,26,29). The van der Waals surface area contributed by atoms with Crippen LogP contribution in [0.25, 0.3) is 0 Å². The van der Waals surface area contributed by atoms with E-state index >= 15 is 0 Å². The Labute approximate surface area is 185 Å². The van der Waals surface area contributed by atoms with Crippen molar-refractivity contribution in [1.82, 2.24) is 4.90 Å². The molecule has 2 aromatic carbocycles. The number of nitrogens with one attached hydrogen (secondary N) is 1. The lowest BCUT2D eigenvalue weighted by Gasteiger charge is -2.38. The van der Waals surface area contributed by atoms with Gasteiger partial charge in [0.1, 0.15) is 5.75 Å². The first-order valence-electron chi connectivity index (χ1n) is 10.8. The highest BCUT2D eigenvalue weighted by Gasteiger charge is 2.31. The Kier molecular flexibility index (Phi) is 6.58. The number of nitrogens with zero attached hydrogens (tertiary/aromatic N) is 2. The third-order valence-corrected chi connectivity index (χ3v) is 5.36. The van der Waals surface area contributed by atoms with Gasteiger partial charge in [-0.25, -0.2) is 0 Å². The van der Waals surface area contributed by atoms with Crippen LogP contribution in [0.2, 0.25) is 0 Å². The van der Waals surface area contributed by atoms with E-state index in [1.165, 1.54) is 0 Å². The number of hydrogen-bond acceptors (Lipinski definition) is 4. The number of carbonyl (C=O) groups is 2. The summed E-state index contributed by atoms with van der Waals surface area (Å²) in [6, 6.07) is 17.1. The van der Waals surface area contributed by atoms with E-state index in [2.05, 4.69) is 10.2 Å². The van der Waals surface area contributed by atoms with Crippen molar-refractivity contribution < 1.29 is 14.3 Å². The van der Waals surface area contributed by atoms with E-state index in [-0.39, 0.29) is 17.2 Å².